The van der Waals surface area contributed by atoms with Crippen molar-refractivity contribution in [3.05, 3.63) is 51.9 Å². The molecule has 0 aliphatic heterocycles. The Morgan fingerprint density at radius 3 is 2.62 bits per heavy atom. The van der Waals surface area contributed by atoms with Gasteiger partial charge in [-0.3, -0.25) is 4.79 Å². The lowest BCUT2D eigenvalue weighted by Gasteiger charge is -2.02. The molecule has 0 aliphatic carbocycles. The number of nitrogen functional groups attached to an aromatic ring is 1. The van der Waals surface area contributed by atoms with E-state index in [0.29, 0.717) is 21.7 Å². The van der Waals surface area contributed by atoms with Crippen molar-refractivity contribution in [2.75, 3.05) is 5.73 Å². The normalized spacial score (nSPS) is 10.4. The zero-order chi connectivity index (χ0) is 11.7. The Bertz CT molecular complexity index is 546. The predicted octanol–water partition coefficient (Wildman–Crippen LogP) is 3.16. The van der Waals surface area contributed by atoms with Crippen LogP contribution < -0.4 is 5.73 Å². The van der Waals surface area contributed by atoms with Crippen LogP contribution in [-0.4, -0.2) is 5.78 Å². The molecule has 0 atom stereocenters. The van der Waals surface area contributed by atoms with Crippen LogP contribution in [0.25, 0.3) is 0 Å². The first-order chi connectivity index (χ1) is 7.58. The van der Waals surface area contributed by atoms with E-state index in [0.717, 1.165) is 5.56 Å². The summed E-state index contributed by atoms with van der Waals surface area (Å²) in [5.41, 5.74) is 7.85. The van der Waals surface area contributed by atoms with Crippen LogP contribution in [0.3, 0.4) is 0 Å². The summed E-state index contributed by atoms with van der Waals surface area (Å²) in [6, 6.07) is 8.53. The molecule has 0 aliphatic rings. The van der Waals surface area contributed by atoms with Gasteiger partial charge in [0.15, 0.2) is 10.4 Å². The van der Waals surface area contributed by atoms with Gasteiger partial charge in [0.1, 0.15) is 0 Å². The molecule has 3 nitrogen and oxygen atoms in total. The number of nitrogens with two attached hydrogens (primary N) is 1. The Hall–Kier alpha value is -1.55. The average molecular weight is 280 g/mol. The summed E-state index contributed by atoms with van der Waals surface area (Å²) < 4.78 is 5.73. The minimum atomic E-state index is -0.169. The number of halogens is 1. The molecule has 82 valence electrons. The Morgan fingerprint density at radius 2 is 2.06 bits per heavy atom. The first-order valence-electron chi connectivity index (χ1n) is 4.74. The van der Waals surface area contributed by atoms with E-state index < -0.39 is 0 Å². The average Bonchev–Trinajstić information content (AvgIpc) is 2.68. The molecule has 1 heterocycles. The van der Waals surface area contributed by atoms with E-state index >= 15 is 0 Å². The van der Waals surface area contributed by atoms with Gasteiger partial charge in [0.05, 0.1) is 0 Å². The van der Waals surface area contributed by atoms with Crippen molar-refractivity contribution in [3.8, 4) is 0 Å². The zero-order valence-corrected chi connectivity index (χ0v) is 10.2. The van der Waals surface area contributed by atoms with Crippen LogP contribution >= 0.6 is 15.9 Å². The van der Waals surface area contributed by atoms with Gasteiger partial charge in [-0.15, -0.1) is 0 Å². The molecule has 2 rings (SSSR count). The lowest BCUT2D eigenvalue weighted by molar-refractivity contribution is 0.101. The Kier molecular flexibility index (Phi) is 2.83. The number of carbonyl (C=O) groups excluding carboxylic acids is 1. The summed E-state index contributed by atoms with van der Waals surface area (Å²) in [5, 5.41) is 0. The second-order valence-electron chi connectivity index (χ2n) is 3.50. The van der Waals surface area contributed by atoms with E-state index in [1.54, 1.807) is 24.3 Å². The van der Waals surface area contributed by atoms with Crippen molar-refractivity contribution in [2.24, 2.45) is 0 Å². The molecule has 2 aromatic rings. The van der Waals surface area contributed by atoms with Crippen LogP contribution in [-0.2, 0) is 0 Å². The number of ketones is 1. The van der Waals surface area contributed by atoms with Gasteiger partial charge in [0.25, 0.3) is 0 Å². The molecule has 0 bridgehead atoms. The van der Waals surface area contributed by atoms with Crippen LogP contribution in [0.4, 0.5) is 5.69 Å². The van der Waals surface area contributed by atoms with Crippen molar-refractivity contribution in [1.29, 1.82) is 0 Å². The first-order valence-corrected chi connectivity index (χ1v) is 5.53. The third-order valence-corrected chi connectivity index (χ3v) is 2.76. The minimum Gasteiger partial charge on any atom is -0.446 e. The van der Waals surface area contributed by atoms with Crippen LogP contribution in [0.15, 0.2) is 39.4 Å². The maximum atomic E-state index is 12.0. The van der Waals surface area contributed by atoms with Crippen molar-refractivity contribution in [3.63, 3.8) is 0 Å². The summed E-state index contributed by atoms with van der Waals surface area (Å²) in [5.74, 6) is 0.132. The molecule has 1 aromatic carbocycles. The van der Waals surface area contributed by atoms with Crippen molar-refractivity contribution in [1.82, 2.24) is 0 Å². The number of hydrogen-bond acceptors (Lipinski definition) is 3. The highest BCUT2D eigenvalue weighted by molar-refractivity contribution is 9.10. The van der Waals surface area contributed by atoms with E-state index in [1.807, 2.05) is 13.0 Å². The second kappa shape index (κ2) is 4.14. The molecule has 16 heavy (non-hydrogen) atoms. The highest BCUT2D eigenvalue weighted by atomic mass is 79.9. The monoisotopic (exact) mass is 279 g/mol. The summed E-state index contributed by atoms with van der Waals surface area (Å²) in [4.78, 5) is 12.0. The van der Waals surface area contributed by atoms with E-state index in [2.05, 4.69) is 15.9 Å². The van der Waals surface area contributed by atoms with Crippen LogP contribution in [0.1, 0.15) is 21.7 Å². The maximum Gasteiger partial charge on any atom is 0.228 e. The fourth-order valence-electron chi connectivity index (χ4n) is 1.36. The SMILES string of the molecule is Cc1ccc(C(=O)c2ccc(Br)o2)cc1N. The molecule has 0 amide bonds. The largest absolute Gasteiger partial charge is 0.446 e. The van der Waals surface area contributed by atoms with E-state index in [1.165, 1.54) is 0 Å². The molecular weight excluding hydrogens is 270 g/mol. The molecule has 0 unspecified atom stereocenters. The molecule has 0 radical (unpaired) electrons. The van der Waals surface area contributed by atoms with Gasteiger partial charge in [-0.2, -0.15) is 0 Å². The van der Waals surface area contributed by atoms with Gasteiger partial charge >= 0.3 is 0 Å². The molecule has 1 aromatic heterocycles. The number of furan rings is 1. The Balaban J connectivity index is 2.38. The number of aryl methyl sites for hydroxylation is 1. The number of hydrogen-bond donors (Lipinski definition) is 1. The van der Waals surface area contributed by atoms with Crippen molar-refractivity contribution in [2.45, 2.75) is 6.92 Å². The Morgan fingerprint density at radius 1 is 1.31 bits per heavy atom. The molecule has 4 heteroatoms. The van der Waals surface area contributed by atoms with Crippen molar-refractivity contribution < 1.29 is 9.21 Å². The van der Waals surface area contributed by atoms with E-state index in [-0.39, 0.29) is 5.78 Å². The van der Waals surface area contributed by atoms with Crippen molar-refractivity contribution >= 4 is 27.4 Å². The van der Waals surface area contributed by atoms with Gasteiger partial charge < -0.3 is 10.2 Å². The fraction of sp³-hybridized carbons (Fsp3) is 0.0833. The van der Waals surface area contributed by atoms with Gasteiger partial charge in [-0.1, -0.05) is 12.1 Å². The summed E-state index contributed by atoms with van der Waals surface area (Å²) >= 11 is 3.16. The van der Waals surface area contributed by atoms with E-state index in [9.17, 15) is 4.79 Å². The summed E-state index contributed by atoms with van der Waals surface area (Å²) in [6.07, 6.45) is 0. The van der Waals surface area contributed by atoms with Crippen LogP contribution in [0.5, 0.6) is 0 Å². The fourth-order valence-corrected chi connectivity index (χ4v) is 1.67. The van der Waals surface area contributed by atoms with Crippen LogP contribution in [0.2, 0.25) is 0 Å². The summed E-state index contributed by atoms with van der Waals surface area (Å²) in [6.45, 7) is 1.90. The number of benzene rings is 1. The van der Waals surface area contributed by atoms with Gasteiger partial charge in [0, 0.05) is 11.3 Å². The first kappa shape index (κ1) is 11.0. The number of anilines is 1. The molecule has 0 saturated carbocycles. The van der Waals surface area contributed by atoms with Gasteiger partial charge in [-0.05, 0) is 46.6 Å². The quantitative estimate of drug-likeness (QED) is 0.679. The van der Waals surface area contributed by atoms with Crippen LogP contribution in [0, 0.1) is 6.92 Å². The Labute approximate surface area is 101 Å². The zero-order valence-electron chi connectivity index (χ0n) is 8.66. The third-order valence-electron chi connectivity index (χ3n) is 2.34. The highest BCUT2D eigenvalue weighted by Crippen LogP contribution is 2.20. The third kappa shape index (κ3) is 2.02. The lowest BCUT2D eigenvalue weighted by Crippen LogP contribution is -2.01. The molecule has 0 spiro atoms. The van der Waals surface area contributed by atoms with Gasteiger partial charge in [0.2, 0.25) is 5.78 Å². The molecule has 0 fully saturated rings. The second-order valence-corrected chi connectivity index (χ2v) is 4.29. The maximum absolute atomic E-state index is 12.0. The topological polar surface area (TPSA) is 56.2 Å². The molecular formula is C12H10BrNO2. The lowest BCUT2D eigenvalue weighted by atomic mass is 10.1. The molecule has 2 N–H and O–H groups in total. The smallest absolute Gasteiger partial charge is 0.228 e. The number of rotatable bonds is 2. The highest BCUT2D eigenvalue weighted by Gasteiger charge is 2.13. The van der Waals surface area contributed by atoms with Gasteiger partial charge in [-0.25, -0.2) is 0 Å². The summed E-state index contributed by atoms with van der Waals surface area (Å²) in [7, 11) is 0. The standard InChI is InChI=1S/C12H10BrNO2/c1-7-2-3-8(6-9(7)14)12(15)10-4-5-11(13)16-10/h2-6H,14H2,1H3. The minimum absolute atomic E-state index is 0.169. The molecule has 0 saturated heterocycles. The number of carbonyl (C=O) groups is 1. The van der Waals surface area contributed by atoms with E-state index in [4.69, 9.17) is 10.2 Å². The predicted molar refractivity (Wildman–Crippen MR) is 65.4 cm³/mol.